The molecule has 4 nitrogen and oxygen atoms in total. The molecule has 0 aromatic heterocycles. The Morgan fingerprint density at radius 3 is 2.71 bits per heavy atom. The van der Waals surface area contributed by atoms with Crippen LogP contribution in [0, 0.1) is 0 Å². The molecule has 0 atom stereocenters. The van der Waals surface area contributed by atoms with Gasteiger partial charge in [-0.1, -0.05) is 0 Å². The molecule has 17 heavy (non-hydrogen) atoms. The number of rotatable bonds is 3. The summed E-state index contributed by atoms with van der Waals surface area (Å²) in [5, 5.41) is 0. The van der Waals surface area contributed by atoms with E-state index in [2.05, 4.69) is 4.90 Å². The van der Waals surface area contributed by atoms with E-state index in [1.165, 1.54) is 12.8 Å². The van der Waals surface area contributed by atoms with Gasteiger partial charge in [-0.25, -0.2) is 0 Å². The average Bonchev–Trinajstić information content (AvgIpc) is 2.68. The topological polar surface area (TPSA) is 47.7 Å². The summed E-state index contributed by atoms with van der Waals surface area (Å²) in [6, 6.07) is 0. The van der Waals surface area contributed by atoms with Crippen molar-refractivity contribution >= 4 is 0 Å². The van der Waals surface area contributed by atoms with E-state index in [0.717, 1.165) is 52.1 Å². The first kappa shape index (κ1) is 13.3. The zero-order valence-corrected chi connectivity index (χ0v) is 11.0. The molecule has 2 rings (SSSR count). The summed E-state index contributed by atoms with van der Waals surface area (Å²) in [4.78, 5) is 2.58. The molecule has 0 amide bonds. The Morgan fingerprint density at radius 2 is 2.06 bits per heavy atom. The molecule has 1 saturated carbocycles. The largest absolute Gasteiger partial charge is 0.381 e. The van der Waals surface area contributed by atoms with E-state index in [1.807, 2.05) is 7.11 Å². The van der Waals surface area contributed by atoms with Crippen molar-refractivity contribution in [2.45, 2.75) is 43.7 Å². The molecule has 2 aliphatic rings. The minimum absolute atomic E-state index is 0.211. The van der Waals surface area contributed by atoms with Gasteiger partial charge in [-0.05, 0) is 32.1 Å². The number of hydrogen-bond acceptors (Lipinski definition) is 4. The maximum atomic E-state index is 6.08. The fraction of sp³-hybridized carbons (Fsp3) is 1.00. The van der Waals surface area contributed by atoms with Crippen molar-refractivity contribution < 1.29 is 9.47 Å². The minimum Gasteiger partial charge on any atom is -0.381 e. The van der Waals surface area contributed by atoms with Gasteiger partial charge in [-0.3, -0.25) is 4.90 Å². The van der Waals surface area contributed by atoms with Gasteiger partial charge in [0.25, 0.3) is 0 Å². The van der Waals surface area contributed by atoms with Gasteiger partial charge in [-0.15, -0.1) is 0 Å². The summed E-state index contributed by atoms with van der Waals surface area (Å²) in [5.74, 6) is 0. The number of ether oxygens (including phenoxy) is 2. The van der Waals surface area contributed by atoms with Crippen LogP contribution in [0.1, 0.15) is 32.1 Å². The van der Waals surface area contributed by atoms with Crippen LogP contribution in [-0.2, 0) is 9.47 Å². The molecular weight excluding hydrogens is 216 g/mol. The highest BCUT2D eigenvalue weighted by atomic mass is 16.5. The molecule has 0 radical (unpaired) electrons. The summed E-state index contributed by atoms with van der Waals surface area (Å²) >= 11 is 0. The Bertz CT molecular complexity index is 219. The second kappa shape index (κ2) is 6.14. The van der Waals surface area contributed by atoms with Crippen molar-refractivity contribution in [1.29, 1.82) is 0 Å². The van der Waals surface area contributed by atoms with Crippen molar-refractivity contribution in [2.24, 2.45) is 5.73 Å². The zero-order chi connectivity index (χ0) is 12.1. The van der Waals surface area contributed by atoms with Gasteiger partial charge in [0.1, 0.15) is 0 Å². The standard InChI is InChI=1S/C13H26N2O2/c1-16-12-3-5-13(11-14,6-4-12)15-7-2-9-17-10-8-15/h12H,2-11,14H2,1H3. The fourth-order valence-corrected chi connectivity index (χ4v) is 3.23. The van der Waals surface area contributed by atoms with E-state index in [9.17, 15) is 0 Å². The first-order chi connectivity index (χ1) is 8.30. The normalized spacial score (nSPS) is 36.7. The molecule has 2 fully saturated rings. The van der Waals surface area contributed by atoms with Crippen molar-refractivity contribution in [3.8, 4) is 0 Å². The molecule has 1 saturated heterocycles. The van der Waals surface area contributed by atoms with Gasteiger partial charge in [-0.2, -0.15) is 0 Å². The quantitative estimate of drug-likeness (QED) is 0.802. The van der Waals surface area contributed by atoms with E-state index in [4.69, 9.17) is 15.2 Å². The van der Waals surface area contributed by atoms with Gasteiger partial charge >= 0.3 is 0 Å². The van der Waals surface area contributed by atoms with Crippen LogP contribution in [0.15, 0.2) is 0 Å². The SMILES string of the molecule is COC1CCC(CN)(N2CCCOCC2)CC1. The van der Waals surface area contributed by atoms with Crippen LogP contribution < -0.4 is 5.73 Å². The molecule has 100 valence electrons. The van der Waals surface area contributed by atoms with Crippen LogP contribution in [0.5, 0.6) is 0 Å². The summed E-state index contributed by atoms with van der Waals surface area (Å²) in [6.07, 6.45) is 6.20. The van der Waals surface area contributed by atoms with E-state index in [1.54, 1.807) is 0 Å². The molecule has 1 heterocycles. The Balaban J connectivity index is 1.98. The van der Waals surface area contributed by atoms with E-state index in [0.29, 0.717) is 6.10 Å². The summed E-state index contributed by atoms with van der Waals surface area (Å²) in [5.41, 5.74) is 6.29. The van der Waals surface area contributed by atoms with Crippen molar-refractivity contribution in [2.75, 3.05) is 40.0 Å². The highest BCUT2D eigenvalue weighted by molar-refractivity contribution is 4.96. The molecule has 4 heteroatoms. The van der Waals surface area contributed by atoms with Crippen molar-refractivity contribution in [3.05, 3.63) is 0 Å². The van der Waals surface area contributed by atoms with Crippen LogP contribution in [0.4, 0.5) is 0 Å². The van der Waals surface area contributed by atoms with Crippen LogP contribution in [0.3, 0.4) is 0 Å². The number of hydrogen-bond donors (Lipinski definition) is 1. The van der Waals surface area contributed by atoms with Crippen LogP contribution in [0.2, 0.25) is 0 Å². The summed E-state index contributed by atoms with van der Waals surface area (Å²) in [6.45, 7) is 4.69. The second-order valence-electron chi connectivity index (χ2n) is 5.32. The summed E-state index contributed by atoms with van der Waals surface area (Å²) < 4.78 is 11.0. The minimum atomic E-state index is 0.211. The molecular formula is C13H26N2O2. The van der Waals surface area contributed by atoms with Crippen molar-refractivity contribution in [1.82, 2.24) is 4.90 Å². The first-order valence-corrected chi connectivity index (χ1v) is 6.86. The third kappa shape index (κ3) is 2.99. The van der Waals surface area contributed by atoms with E-state index < -0.39 is 0 Å². The molecule has 1 aliphatic heterocycles. The van der Waals surface area contributed by atoms with Crippen LogP contribution in [-0.4, -0.2) is 56.5 Å². The zero-order valence-electron chi connectivity index (χ0n) is 11.0. The predicted molar refractivity (Wildman–Crippen MR) is 68.1 cm³/mol. The molecule has 0 unspecified atom stereocenters. The van der Waals surface area contributed by atoms with Gasteiger partial charge in [0.05, 0.1) is 12.7 Å². The molecule has 0 aromatic rings. The molecule has 0 spiro atoms. The number of methoxy groups -OCH3 is 1. The maximum absolute atomic E-state index is 6.08. The Hall–Kier alpha value is -0.160. The fourth-order valence-electron chi connectivity index (χ4n) is 3.23. The van der Waals surface area contributed by atoms with E-state index >= 15 is 0 Å². The monoisotopic (exact) mass is 242 g/mol. The lowest BCUT2D eigenvalue weighted by Crippen LogP contribution is -2.57. The third-order valence-electron chi connectivity index (χ3n) is 4.47. The Kier molecular flexibility index (Phi) is 4.79. The Morgan fingerprint density at radius 1 is 1.29 bits per heavy atom. The van der Waals surface area contributed by atoms with Crippen LogP contribution >= 0.6 is 0 Å². The summed E-state index contributed by atoms with van der Waals surface area (Å²) in [7, 11) is 1.82. The number of nitrogens with two attached hydrogens (primary N) is 1. The average molecular weight is 242 g/mol. The smallest absolute Gasteiger partial charge is 0.0593 e. The highest BCUT2D eigenvalue weighted by Crippen LogP contribution is 2.34. The lowest BCUT2D eigenvalue weighted by Gasteiger charge is -2.47. The predicted octanol–water partition coefficient (Wildman–Crippen LogP) is 0.995. The number of nitrogens with zero attached hydrogens (tertiary/aromatic N) is 1. The van der Waals surface area contributed by atoms with Crippen molar-refractivity contribution in [3.63, 3.8) is 0 Å². The van der Waals surface area contributed by atoms with Gasteiger partial charge < -0.3 is 15.2 Å². The Labute approximate surface area is 104 Å². The van der Waals surface area contributed by atoms with E-state index in [-0.39, 0.29) is 5.54 Å². The van der Waals surface area contributed by atoms with Crippen LogP contribution in [0.25, 0.3) is 0 Å². The molecule has 0 bridgehead atoms. The molecule has 2 N–H and O–H groups in total. The maximum Gasteiger partial charge on any atom is 0.0593 e. The molecule has 1 aliphatic carbocycles. The van der Waals surface area contributed by atoms with Gasteiger partial charge in [0, 0.05) is 38.9 Å². The van der Waals surface area contributed by atoms with Gasteiger partial charge in [0.15, 0.2) is 0 Å². The highest BCUT2D eigenvalue weighted by Gasteiger charge is 2.39. The first-order valence-electron chi connectivity index (χ1n) is 6.86. The van der Waals surface area contributed by atoms with Gasteiger partial charge in [0.2, 0.25) is 0 Å². The molecule has 0 aromatic carbocycles. The lowest BCUT2D eigenvalue weighted by molar-refractivity contribution is -0.00757. The lowest BCUT2D eigenvalue weighted by atomic mass is 9.78. The second-order valence-corrected chi connectivity index (χ2v) is 5.32. The third-order valence-corrected chi connectivity index (χ3v) is 4.47.